The molecule has 4 rings (SSSR count). The second-order valence-corrected chi connectivity index (χ2v) is 8.60. The van der Waals surface area contributed by atoms with Gasteiger partial charge in [-0.1, -0.05) is 20.3 Å². The Morgan fingerprint density at radius 2 is 1.82 bits per heavy atom. The summed E-state index contributed by atoms with van der Waals surface area (Å²) >= 11 is 0. The van der Waals surface area contributed by atoms with Crippen molar-refractivity contribution in [2.45, 2.75) is 58.8 Å². The lowest BCUT2D eigenvalue weighted by Crippen LogP contribution is -2.57. The van der Waals surface area contributed by atoms with Crippen molar-refractivity contribution in [1.82, 2.24) is 0 Å². The van der Waals surface area contributed by atoms with Crippen LogP contribution in [-0.4, -0.2) is 11.6 Å². The molecule has 0 aromatic carbocycles. The van der Waals surface area contributed by atoms with Gasteiger partial charge in [0.2, 0.25) is 11.6 Å². The number of fused-ring (bicyclic) bond motifs is 5. The van der Waals surface area contributed by atoms with E-state index in [2.05, 4.69) is 6.92 Å². The van der Waals surface area contributed by atoms with Crippen LogP contribution in [-0.2, 0) is 9.59 Å². The van der Waals surface area contributed by atoms with Gasteiger partial charge >= 0.3 is 0 Å². The summed E-state index contributed by atoms with van der Waals surface area (Å²) in [5.74, 6) is -0.272. The van der Waals surface area contributed by atoms with Crippen LogP contribution >= 0.6 is 0 Å². The van der Waals surface area contributed by atoms with E-state index in [0.29, 0.717) is 17.3 Å². The number of carbonyl (C=O) groups excluding carboxylic acids is 2. The Morgan fingerprint density at radius 1 is 1.05 bits per heavy atom. The van der Waals surface area contributed by atoms with Crippen LogP contribution in [0.2, 0.25) is 0 Å². The molecule has 0 N–H and O–H groups in total. The van der Waals surface area contributed by atoms with Crippen molar-refractivity contribution in [1.29, 1.82) is 0 Å². The zero-order valence-corrected chi connectivity index (χ0v) is 13.5. The lowest BCUT2D eigenvalue weighted by atomic mass is 9.45. The van der Waals surface area contributed by atoms with Gasteiger partial charge in [-0.3, -0.25) is 9.59 Å². The van der Waals surface area contributed by atoms with Crippen molar-refractivity contribution in [2.24, 2.45) is 34.5 Å². The number of halogens is 1. The Bertz CT molecular complexity index is 580. The molecule has 6 atom stereocenters. The average molecular weight is 304 g/mol. The molecule has 4 aliphatic carbocycles. The quantitative estimate of drug-likeness (QED) is 0.627. The molecular weight excluding hydrogens is 279 g/mol. The molecule has 22 heavy (non-hydrogen) atoms. The van der Waals surface area contributed by atoms with Crippen molar-refractivity contribution < 1.29 is 14.0 Å². The van der Waals surface area contributed by atoms with Gasteiger partial charge in [0.15, 0.2) is 0 Å². The Morgan fingerprint density at radius 3 is 2.59 bits per heavy atom. The van der Waals surface area contributed by atoms with Crippen LogP contribution < -0.4 is 0 Å². The lowest BCUT2D eigenvalue weighted by Gasteiger charge is -2.57. The maximum absolute atomic E-state index is 14.4. The summed E-state index contributed by atoms with van der Waals surface area (Å²) in [6.07, 6.45) is 8.65. The maximum atomic E-state index is 14.4. The Balaban J connectivity index is 1.76. The van der Waals surface area contributed by atoms with Crippen LogP contribution in [0, 0.1) is 34.5 Å². The molecule has 3 saturated carbocycles. The first kappa shape index (κ1) is 14.6. The molecule has 4 aliphatic rings. The number of hydrogen-bond acceptors (Lipinski definition) is 2. The SMILES string of the molecule is C[C@@]12CCC[C@H]1[C@@H]1CCC3C(F)=CC(=O)C(=O)[C@]3(C)[C@H]1CC2. The molecule has 0 spiro atoms. The molecule has 0 aromatic heterocycles. The zero-order chi connectivity index (χ0) is 15.7. The topological polar surface area (TPSA) is 34.1 Å². The highest BCUT2D eigenvalue weighted by Crippen LogP contribution is 2.65. The summed E-state index contributed by atoms with van der Waals surface area (Å²) < 4.78 is 14.4. The molecule has 0 saturated heterocycles. The minimum absolute atomic E-state index is 0.193. The first-order chi connectivity index (χ1) is 10.4. The van der Waals surface area contributed by atoms with Crippen LogP contribution in [0.3, 0.4) is 0 Å². The lowest BCUT2D eigenvalue weighted by molar-refractivity contribution is -0.155. The number of rotatable bonds is 0. The van der Waals surface area contributed by atoms with Crippen LogP contribution in [0.5, 0.6) is 0 Å². The van der Waals surface area contributed by atoms with E-state index in [1.165, 1.54) is 19.3 Å². The minimum atomic E-state index is -0.789. The molecule has 120 valence electrons. The number of carbonyl (C=O) groups is 2. The highest BCUT2D eigenvalue weighted by Gasteiger charge is 2.62. The molecule has 0 radical (unpaired) electrons. The Hall–Kier alpha value is -0.990. The van der Waals surface area contributed by atoms with Gasteiger partial charge in [0.25, 0.3) is 0 Å². The van der Waals surface area contributed by atoms with Gasteiger partial charge in [-0.15, -0.1) is 0 Å². The fourth-order valence-corrected chi connectivity index (χ4v) is 6.65. The fraction of sp³-hybridized carbons (Fsp3) is 0.789. The van der Waals surface area contributed by atoms with E-state index >= 15 is 0 Å². The summed E-state index contributed by atoms with van der Waals surface area (Å²) in [5.41, 5.74) is -0.372. The number of Topliss-reactive ketones (excluding diaryl/α,β-unsaturated/α-hetero) is 1. The molecule has 0 aromatic rings. The third kappa shape index (κ3) is 1.66. The van der Waals surface area contributed by atoms with E-state index in [9.17, 15) is 14.0 Å². The molecule has 1 unspecified atom stereocenters. The first-order valence-corrected chi connectivity index (χ1v) is 8.84. The number of allylic oxidation sites excluding steroid dienone is 2. The zero-order valence-electron chi connectivity index (χ0n) is 13.5. The molecule has 0 amide bonds. The van der Waals surface area contributed by atoms with Gasteiger partial charge < -0.3 is 0 Å². The fourth-order valence-electron chi connectivity index (χ4n) is 6.65. The second-order valence-electron chi connectivity index (χ2n) is 8.60. The van der Waals surface area contributed by atoms with Gasteiger partial charge in [-0.25, -0.2) is 4.39 Å². The van der Waals surface area contributed by atoms with Crippen LogP contribution in [0.15, 0.2) is 11.9 Å². The Kier molecular flexibility index (Phi) is 3.00. The van der Waals surface area contributed by atoms with Gasteiger partial charge in [-0.2, -0.15) is 0 Å². The molecule has 0 heterocycles. The van der Waals surface area contributed by atoms with Crippen molar-refractivity contribution in [3.63, 3.8) is 0 Å². The summed E-state index contributed by atoms with van der Waals surface area (Å²) in [6.45, 7) is 4.29. The largest absolute Gasteiger partial charge is 0.290 e. The predicted molar refractivity (Wildman–Crippen MR) is 81.7 cm³/mol. The smallest absolute Gasteiger partial charge is 0.224 e. The molecule has 0 aliphatic heterocycles. The Labute approximate surface area is 131 Å². The van der Waals surface area contributed by atoms with Gasteiger partial charge in [0.1, 0.15) is 5.83 Å². The third-order valence-electron chi connectivity index (χ3n) is 7.82. The number of hydrogen-bond donors (Lipinski definition) is 0. The van der Waals surface area contributed by atoms with Crippen LogP contribution in [0.25, 0.3) is 0 Å². The highest BCUT2D eigenvalue weighted by atomic mass is 19.1. The molecule has 0 bridgehead atoms. The normalized spacial score (nSPS) is 51.0. The van der Waals surface area contributed by atoms with E-state index in [1.54, 1.807) is 0 Å². The van der Waals surface area contributed by atoms with E-state index in [4.69, 9.17) is 0 Å². The van der Waals surface area contributed by atoms with E-state index in [0.717, 1.165) is 31.8 Å². The first-order valence-electron chi connectivity index (χ1n) is 8.84. The molecule has 3 heteroatoms. The maximum Gasteiger partial charge on any atom is 0.224 e. The van der Waals surface area contributed by atoms with E-state index in [1.807, 2.05) is 6.92 Å². The minimum Gasteiger partial charge on any atom is -0.290 e. The average Bonchev–Trinajstić information content (AvgIpc) is 2.87. The molecular formula is C19H25FO2. The molecule has 2 nitrogen and oxygen atoms in total. The number of ketones is 2. The van der Waals surface area contributed by atoms with Gasteiger partial charge in [-0.05, 0) is 61.7 Å². The van der Waals surface area contributed by atoms with Gasteiger partial charge in [0.05, 0.1) is 0 Å². The van der Waals surface area contributed by atoms with Crippen LogP contribution in [0.1, 0.15) is 58.8 Å². The van der Waals surface area contributed by atoms with E-state index in [-0.39, 0.29) is 23.4 Å². The van der Waals surface area contributed by atoms with Crippen molar-refractivity contribution in [3.05, 3.63) is 11.9 Å². The predicted octanol–water partition coefficient (Wildman–Crippen LogP) is 4.24. The molecule has 3 fully saturated rings. The summed E-state index contributed by atoms with van der Waals surface area (Å²) in [6, 6.07) is 0. The van der Waals surface area contributed by atoms with Crippen molar-refractivity contribution in [2.75, 3.05) is 0 Å². The standard InChI is InChI=1S/C19H25FO2/c1-18-8-3-4-12(18)11-5-6-14-15(20)10-16(21)17(22)19(14,2)13(11)7-9-18/h10-14H,3-9H2,1-2H3/t11-,12-,13-,14?,18-,19+/m0/s1. The summed E-state index contributed by atoms with van der Waals surface area (Å²) in [4.78, 5) is 24.7. The third-order valence-corrected chi connectivity index (χ3v) is 7.82. The van der Waals surface area contributed by atoms with Crippen LogP contribution in [0.4, 0.5) is 4.39 Å². The summed E-state index contributed by atoms with van der Waals surface area (Å²) in [7, 11) is 0. The van der Waals surface area contributed by atoms with Crippen molar-refractivity contribution in [3.8, 4) is 0 Å². The summed E-state index contributed by atoms with van der Waals surface area (Å²) in [5, 5.41) is 0. The monoisotopic (exact) mass is 304 g/mol. The van der Waals surface area contributed by atoms with E-state index < -0.39 is 11.2 Å². The van der Waals surface area contributed by atoms with Crippen molar-refractivity contribution >= 4 is 11.6 Å². The second kappa shape index (κ2) is 4.52. The van der Waals surface area contributed by atoms with Gasteiger partial charge in [0, 0.05) is 17.4 Å². The highest BCUT2D eigenvalue weighted by molar-refractivity contribution is 6.44.